The van der Waals surface area contributed by atoms with E-state index >= 15 is 0 Å². The van der Waals surface area contributed by atoms with Gasteiger partial charge >= 0.3 is 0 Å². The molecule has 92 valence electrons. The van der Waals surface area contributed by atoms with Crippen LogP contribution in [0.3, 0.4) is 0 Å². The molecular weight excluding hydrogens is 258 g/mol. The fourth-order valence-electron chi connectivity index (χ4n) is 1.89. The second-order valence-corrected chi connectivity index (χ2v) is 4.41. The molecule has 0 radical (unpaired) electrons. The second kappa shape index (κ2) is 5.16. The fraction of sp³-hybridized carbons (Fsp3) is 0. The molecule has 0 unspecified atom stereocenters. The zero-order valence-electron chi connectivity index (χ0n) is 9.99. The Hall–Kier alpha value is -2.26. The lowest BCUT2D eigenvalue weighted by Crippen LogP contribution is -1.88. The molecule has 0 N–H and O–H groups in total. The highest BCUT2D eigenvalue weighted by Gasteiger charge is 2.10. The van der Waals surface area contributed by atoms with Gasteiger partial charge < -0.3 is 0 Å². The van der Waals surface area contributed by atoms with Crippen LogP contribution in [-0.2, 0) is 0 Å². The summed E-state index contributed by atoms with van der Waals surface area (Å²) in [5.41, 5.74) is 3.64. The van der Waals surface area contributed by atoms with E-state index in [1.54, 1.807) is 37.2 Å². The SMILES string of the molecule is Clc1c(-c2cccnc2)cncc1-c1cccnc1. The molecule has 0 spiro atoms. The number of rotatable bonds is 2. The van der Waals surface area contributed by atoms with Crippen LogP contribution in [0.15, 0.2) is 61.4 Å². The van der Waals surface area contributed by atoms with E-state index in [1.165, 1.54) is 0 Å². The highest BCUT2D eigenvalue weighted by atomic mass is 35.5. The van der Waals surface area contributed by atoms with E-state index in [2.05, 4.69) is 15.0 Å². The van der Waals surface area contributed by atoms with Gasteiger partial charge in [0, 0.05) is 59.4 Å². The maximum atomic E-state index is 6.48. The van der Waals surface area contributed by atoms with Gasteiger partial charge in [0.1, 0.15) is 0 Å². The molecule has 0 aliphatic heterocycles. The third kappa shape index (κ3) is 2.33. The molecule has 0 aromatic carbocycles. The minimum Gasteiger partial charge on any atom is -0.264 e. The summed E-state index contributed by atoms with van der Waals surface area (Å²) in [5, 5.41) is 0.663. The van der Waals surface area contributed by atoms with Crippen LogP contribution >= 0.6 is 11.6 Å². The van der Waals surface area contributed by atoms with Crippen LogP contribution in [0.2, 0.25) is 5.02 Å². The van der Waals surface area contributed by atoms with Crippen molar-refractivity contribution in [2.75, 3.05) is 0 Å². The van der Waals surface area contributed by atoms with Crippen LogP contribution in [0, 0.1) is 0 Å². The molecule has 0 saturated heterocycles. The van der Waals surface area contributed by atoms with Crippen LogP contribution in [0.4, 0.5) is 0 Å². The number of hydrogen-bond donors (Lipinski definition) is 0. The first kappa shape index (κ1) is 11.8. The van der Waals surface area contributed by atoms with Crippen molar-refractivity contribution in [1.82, 2.24) is 15.0 Å². The van der Waals surface area contributed by atoms with Crippen LogP contribution in [0.5, 0.6) is 0 Å². The summed E-state index contributed by atoms with van der Waals surface area (Å²) in [6, 6.07) is 7.68. The van der Waals surface area contributed by atoms with E-state index in [1.807, 2.05) is 24.3 Å². The first-order valence-corrected chi connectivity index (χ1v) is 6.18. The summed E-state index contributed by atoms with van der Waals surface area (Å²) in [6.45, 7) is 0. The van der Waals surface area contributed by atoms with E-state index in [0.29, 0.717) is 5.02 Å². The van der Waals surface area contributed by atoms with Crippen molar-refractivity contribution in [2.24, 2.45) is 0 Å². The van der Waals surface area contributed by atoms with Gasteiger partial charge in [-0.1, -0.05) is 23.7 Å². The zero-order valence-corrected chi connectivity index (χ0v) is 10.7. The highest BCUT2D eigenvalue weighted by Crippen LogP contribution is 2.34. The number of halogens is 1. The molecule has 0 saturated carbocycles. The Bertz CT molecular complexity index is 627. The van der Waals surface area contributed by atoms with Crippen LogP contribution < -0.4 is 0 Å². The summed E-state index contributed by atoms with van der Waals surface area (Å²) in [7, 11) is 0. The smallest absolute Gasteiger partial charge is 0.0594 e. The monoisotopic (exact) mass is 267 g/mol. The summed E-state index contributed by atoms with van der Waals surface area (Å²) in [6.07, 6.45) is 10.5. The van der Waals surface area contributed by atoms with Crippen molar-refractivity contribution >= 4 is 11.6 Å². The predicted molar refractivity (Wildman–Crippen MR) is 75.7 cm³/mol. The largest absolute Gasteiger partial charge is 0.264 e. The summed E-state index contributed by atoms with van der Waals surface area (Å²) in [4.78, 5) is 12.5. The third-order valence-electron chi connectivity index (χ3n) is 2.83. The van der Waals surface area contributed by atoms with Gasteiger partial charge in [0.15, 0.2) is 0 Å². The van der Waals surface area contributed by atoms with Gasteiger partial charge in [-0.3, -0.25) is 15.0 Å². The van der Waals surface area contributed by atoms with Crippen LogP contribution in [0.25, 0.3) is 22.3 Å². The van der Waals surface area contributed by atoms with Gasteiger partial charge in [-0.2, -0.15) is 0 Å². The van der Waals surface area contributed by atoms with Crippen molar-refractivity contribution in [3.63, 3.8) is 0 Å². The van der Waals surface area contributed by atoms with Gasteiger partial charge in [-0.15, -0.1) is 0 Å². The number of hydrogen-bond acceptors (Lipinski definition) is 3. The van der Waals surface area contributed by atoms with Gasteiger partial charge in [0.25, 0.3) is 0 Å². The average Bonchev–Trinajstić information content (AvgIpc) is 2.49. The number of aromatic nitrogens is 3. The molecule has 0 fully saturated rings. The second-order valence-electron chi connectivity index (χ2n) is 4.03. The van der Waals surface area contributed by atoms with E-state index in [0.717, 1.165) is 22.3 Å². The van der Waals surface area contributed by atoms with Crippen molar-refractivity contribution < 1.29 is 0 Å². The molecule has 3 aromatic rings. The molecule has 3 rings (SSSR count). The normalized spacial score (nSPS) is 10.4. The van der Waals surface area contributed by atoms with Crippen molar-refractivity contribution in [2.45, 2.75) is 0 Å². The summed E-state index contributed by atoms with van der Waals surface area (Å²) >= 11 is 6.48. The maximum Gasteiger partial charge on any atom is 0.0594 e. The van der Waals surface area contributed by atoms with Gasteiger partial charge in [-0.25, -0.2) is 0 Å². The fourth-order valence-corrected chi connectivity index (χ4v) is 2.21. The van der Waals surface area contributed by atoms with Gasteiger partial charge in [-0.05, 0) is 12.1 Å². The third-order valence-corrected chi connectivity index (χ3v) is 3.23. The van der Waals surface area contributed by atoms with Crippen LogP contribution in [-0.4, -0.2) is 15.0 Å². The van der Waals surface area contributed by atoms with E-state index in [4.69, 9.17) is 11.6 Å². The van der Waals surface area contributed by atoms with Crippen LogP contribution in [0.1, 0.15) is 0 Å². The standard InChI is InChI=1S/C15H10ClN3/c16-15-13(11-3-1-5-17-7-11)9-19-10-14(15)12-4-2-6-18-8-12/h1-10H. The van der Waals surface area contributed by atoms with E-state index in [-0.39, 0.29) is 0 Å². The molecule has 0 aliphatic carbocycles. The Labute approximate surface area is 116 Å². The van der Waals surface area contributed by atoms with Crippen molar-refractivity contribution in [3.05, 3.63) is 66.5 Å². The molecule has 0 amide bonds. The molecule has 4 heteroatoms. The highest BCUT2D eigenvalue weighted by molar-refractivity contribution is 6.36. The zero-order chi connectivity index (χ0) is 13.1. The van der Waals surface area contributed by atoms with Gasteiger partial charge in [0.05, 0.1) is 5.02 Å². The molecule has 0 atom stereocenters. The summed E-state index contributed by atoms with van der Waals surface area (Å²) in [5.74, 6) is 0. The molecular formula is C15H10ClN3. The average molecular weight is 268 g/mol. The topological polar surface area (TPSA) is 38.7 Å². The quantitative estimate of drug-likeness (QED) is 0.708. The molecule has 19 heavy (non-hydrogen) atoms. The van der Waals surface area contributed by atoms with E-state index in [9.17, 15) is 0 Å². The molecule has 3 nitrogen and oxygen atoms in total. The first-order chi connectivity index (χ1) is 9.36. The van der Waals surface area contributed by atoms with Crippen molar-refractivity contribution in [3.8, 4) is 22.3 Å². The molecule has 3 heterocycles. The lowest BCUT2D eigenvalue weighted by molar-refractivity contribution is 1.28. The Balaban J connectivity index is 2.15. The Morgan fingerprint density at radius 3 is 1.63 bits per heavy atom. The lowest BCUT2D eigenvalue weighted by Gasteiger charge is -2.08. The number of pyridine rings is 3. The lowest BCUT2D eigenvalue weighted by atomic mass is 10.0. The Kier molecular flexibility index (Phi) is 3.21. The minimum atomic E-state index is 0.663. The first-order valence-electron chi connectivity index (χ1n) is 5.80. The molecule has 0 bridgehead atoms. The predicted octanol–water partition coefficient (Wildman–Crippen LogP) is 3.86. The molecule has 3 aromatic heterocycles. The Morgan fingerprint density at radius 1 is 0.684 bits per heavy atom. The van der Waals surface area contributed by atoms with Crippen molar-refractivity contribution in [1.29, 1.82) is 0 Å². The number of nitrogens with zero attached hydrogens (tertiary/aromatic N) is 3. The maximum absolute atomic E-state index is 6.48. The van der Waals surface area contributed by atoms with Gasteiger partial charge in [0.2, 0.25) is 0 Å². The van der Waals surface area contributed by atoms with E-state index < -0.39 is 0 Å². The molecule has 0 aliphatic rings. The Morgan fingerprint density at radius 2 is 1.21 bits per heavy atom. The summed E-state index contributed by atoms with van der Waals surface area (Å²) < 4.78 is 0. The minimum absolute atomic E-state index is 0.663.